The summed E-state index contributed by atoms with van der Waals surface area (Å²) in [4.78, 5) is 17.1. The van der Waals surface area contributed by atoms with Crippen LogP contribution in [0.1, 0.15) is 52.9 Å². The van der Waals surface area contributed by atoms with Crippen molar-refractivity contribution in [1.82, 2.24) is 20.4 Å². The van der Waals surface area contributed by atoms with Gasteiger partial charge in [0.2, 0.25) is 5.91 Å². The number of thiocarbonyl (C=S) groups is 1. The van der Waals surface area contributed by atoms with Gasteiger partial charge in [0.1, 0.15) is 0 Å². The number of hydrogen-bond donors (Lipinski definition) is 2. The fraction of sp³-hybridized carbons (Fsp3) is 0.882. The lowest BCUT2D eigenvalue weighted by Crippen LogP contribution is -2.60. The van der Waals surface area contributed by atoms with Gasteiger partial charge in [-0.2, -0.15) is 0 Å². The first-order chi connectivity index (χ1) is 11.0. The number of carbonyl (C=O) groups is 1. The monoisotopic (exact) mass is 338 g/mol. The molecular formula is C17H30N4OS. The zero-order valence-electron chi connectivity index (χ0n) is 14.6. The van der Waals surface area contributed by atoms with Gasteiger partial charge in [0, 0.05) is 38.5 Å². The summed E-state index contributed by atoms with van der Waals surface area (Å²) in [6.07, 6.45) is 5.42. The van der Waals surface area contributed by atoms with E-state index in [-0.39, 0.29) is 17.6 Å². The number of likely N-dealkylation sites (N-methyl/N-ethyl adjacent to an activating group) is 1. The molecule has 2 saturated heterocycles. The number of likely N-dealkylation sites (tertiary alicyclic amines) is 1. The van der Waals surface area contributed by atoms with Crippen LogP contribution in [0.3, 0.4) is 0 Å². The highest BCUT2D eigenvalue weighted by molar-refractivity contribution is 7.80. The van der Waals surface area contributed by atoms with Crippen molar-refractivity contribution in [2.75, 3.05) is 19.6 Å². The minimum atomic E-state index is -0.161. The van der Waals surface area contributed by atoms with Crippen LogP contribution in [0.15, 0.2) is 0 Å². The zero-order valence-corrected chi connectivity index (χ0v) is 15.4. The predicted octanol–water partition coefficient (Wildman–Crippen LogP) is 1.68. The van der Waals surface area contributed by atoms with Crippen LogP contribution in [0.25, 0.3) is 0 Å². The molecule has 3 rings (SSSR count). The van der Waals surface area contributed by atoms with Gasteiger partial charge in [-0.05, 0) is 37.9 Å². The molecule has 23 heavy (non-hydrogen) atoms. The number of piperidine rings is 1. The van der Waals surface area contributed by atoms with Crippen molar-refractivity contribution in [3.05, 3.63) is 0 Å². The Morgan fingerprint density at radius 1 is 1.39 bits per heavy atom. The second-order valence-electron chi connectivity index (χ2n) is 7.33. The number of nitrogens with one attached hydrogen (secondary N) is 2. The summed E-state index contributed by atoms with van der Waals surface area (Å²) in [5, 5.41) is 8.03. The first-order valence-corrected chi connectivity index (χ1v) is 9.56. The lowest BCUT2D eigenvalue weighted by atomic mass is 9.95. The Balaban J connectivity index is 1.65. The molecule has 2 aliphatic heterocycles. The van der Waals surface area contributed by atoms with Gasteiger partial charge >= 0.3 is 0 Å². The standard InChI is InChI=1S/C17H30N4OS/c1-4-12(3)14-15(22)21(5-2)17(19-14)8-10-20(11-9-17)16(23)18-13-6-7-13/h12-14,19H,4-11H2,1-3H3,(H,18,23)/t12-,14+/m0/s1. The number of nitrogens with zero attached hydrogens (tertiary/aromatic N) is 2. The zero-order chi connectivity index (χ0) is 16.6. The Hall–Kier alpha value is -0.880. The van der Waals surface area contributed by atoms with Gasteiger partial charge in [-0.25, -0.2) is 0 Å². The van der Waals surface area contributed by atoms with Crippen molar-refractivity contribution in [2.24, 2.45) is 5.92 Å². The average Bonchev–Trinajstić information content (AvgIpc) is 3.32. The number of rotatable bonds is 4. The Kier molecular flexibility index (Phi) is 4.83. The van der Waals surface area contributed by atoms with Crippen molar-refractivity contribution in [3.63, 3.8) is 0 Å². The first-order valence-electron chi connectivity index (χ1n) is 9.15. The first kappa shape index (κ1) is 17.0. The summed E-state index contributed by atoms with van der Waals surface area (Å²) in [5.74, 6) is 0.667. The fourth-order valence-electron chi connectivity index (χ4n) is 3.88. The molecule has 3 aliphatic rings. The van der Waals surface area contributed by atoms with Crippen molar-refractivity contribution in [3.8, 4) is 0 Å². The van der Waals surface area contributed by atoms with E-state index in [1.54, 1.807) is 0 Å². The molecule has 0 aromatic heterocycles. The van der Waals surface area contributed by atoms with Crippen molar-refractivity contribution in [1.29, 1.82) is 0 Å². The van der Waals surface area contributed by atoms with Gasteiger partial charge in [-0.3, -0.25) is 10.1 Å². The molecule has 1 aliphatic carbocycles. The number of carbonyl (C=O) groups excluding carboxylic acids is 1. The molecule has 5 nitrogen and oxygen atoms in total. The summed E-state index contributed by atoms with van der Waals surface area (Å²) in [7, 11) is 0. The maximum atomic E-state index is 12.8. The molecule has 2 heterocycles. The Labute approximate surface area is 145 Å². The summed E-state index contributed by atoms with van der Waals surface area (Å²) < 4.78 is 0. The summed E-state index contributed by atoms with van der Waals surface area (Å²) in [5.41, 5.74) is -0.161. The third kappa shape index (κ3) is 3.20. The quantitative estimate of drug-likeness (QED) is 0.764. The van der Waals surface area contributed by atoms with Gasteiger partial charge in [0.05, 0.1) is 11.7 Å². The Morgan fingerprint density at radius 2 is 2.04 bits per heavy atom. The van der Waals surface area contributed by atoms with Crippen molar-refractivity contribution in [2.45, 2.75) is 70.6 Å². The van der Waals surface area contributed by atoms with Crippen LogP contribution >= 0.6 is 12.2 Å². The van der Waals surface area contributed by atoms with E-state index in [4.69, 9.17) is 12.2 Å². The average molecular weight is 339 g/mol. The highest BCUT2D eigenvalue weighted by atomic mass is 32.1. The maximum absolute atomic E-state index is 12.8. The van der Waals surface area contributed by atoms with E-state index in [2.05, 4.69) is 41.2 Å². The van der Waals surface area contributed by atoms with E-state index < -0.39 is 0 Å². The summed E-state index contributed by atoms with van der Waals surface area (Å²) in [6.45, 7) is 9.04. The summed E-state index contributed by atoms with van der Waals surface area (Å²) >= 11 is 5.53. The third-order valence-electron chi connectivity index (χ3n) is 5.78. The van der Waals surface area contributed by atoms with Crippen LogP contribution < -0.4 is 10.6 Å². The van der Waals surface area contributed by atoms with Crippen LogP contribution in [0.4, 0.5) is 0 Å². The highest BCUT2D eigenvalue weighted by Gasteiger charge is 2.51. The number of hydrogen-bond acceptors (Lipinski definition) is 3. The Morgan fingerprint density at radius 3 is 2.57 bits per heavy atom. The van der Waals surface area contributed by atoms with Crippen molar-refractivity contribution < 1.29 is 4.79 Å². The second kappa shape index (κ2) is 6.55. The molecule has 0 unspecified atom stereocenters. The van der Waals surface area contributed by atoms with E-state index in [1.165, 1.54) is 12.8 Å². The molecule has 1 spiro atoms. The van der Waals surface area contributed by atoms with Gasteiger partial charge in [0.15, 0.2) is 5.11 Å². The molecule has 130 valence electrons. The molecule has 3 fully saturated rings. The van der Waals surface area contributed by atoms with Gasteiger partial charge in [-0.15, -0.1) is 0 Å². The molecule has 2 atom stereocenters. The highest BCUT2D eigenvalue weighted by Crippen LogP contribution is 2.34. The topological polar surface area (TPSA) is 47.6 Å². The van der Waals surface area contributed by atoms with Crippen LogP contribution in [0, 0.1) is 5.92 Å². The van der Waals surface area contributed by atoms with Crippen LogP contribution in [-0.2, 0) is 4.79 Å². The summed E-state index contributed by atoms with van der Waals surface area (Å²) in [6, 6.07) is 0.578. The van der Waals surface area contributed by atoms with Crippen molar-refractivity contribution >= 4 is 23.2 Å². The van der Waals surface area contributed by atoms with Crippen LogP contribution in [0.2, 0.25) is 0 Å². The normalized spacial score (nSPS) is 28.3. The van der Waals surface area contributed by atoms with Gasteiger partial charge < -0.3 is 15.1 Å². The maximum Gasteiger partial charge on any atom is 0.241 e. The lowest BCUT2D eigenvalue weighted by Gasteiger charge is -2.45. The van der Waals surface area contributed by atoms with Gasteiger partial charge in [0.25, 0.3) is 0 Å². The van der Waals surface area contributed by atoms with E-state index in [0.717, 1.165) is 44.0 Å². The molecule has 6 heteroatoms. The molecule has 1 amide bonds. The van der Waals surface area contributed by atoms with Crippen LogP contribution in [-0.4, -0.2) is 58.2 Å². The van der Waals surface area contributed by atoms with Gasteiger partial charge in [-0.1, -0.05) is 20.3 Å². The number of amides is 1. The molecule has 1 saturated carbocycles. The SMILES string of the molecule is CC[C@H](C)[C@H]1NC2(CCN(C(=S)NC3CC3)CC2)N(CC)C1=O. The molecule has 0 bridgehead atoms. The smallest absolute Gasteiger partial charge is 0.241 e. The molecule has 0 radical (unpaired) electrons. The largest absolute Gasteiger partial charge is 0.360 e. The molecule has 0 aromatic carbocycles. The van der Waals surface area contributed by atoms with E-state index in [9.17, 15) is 4.79 Å². The molecule has 0 aromatic rings. The minimum Gasteiger partial charge on any atom is -0.360 e. The van der Waals surface area contributed by atoms with Crippen LogP contribution in [0.5, 0.6) is 0 Å². The lowest BCUT2D eigenvalue weighted by molar-refractivity contribution is -0.133. The third-order valence-corrected chi connectivity index (χ3v) is 6.16. The molecular weight excluding hydrogens is 308 g/mol. The van der Waals surface area contributed by atoms with E-state index in [1.807, 2.05) is 0 Å². The van der Waals surface area contributed by atoms with E-state index in [0.29, 0.717) is 12.0 Å². The fourth-order valence-corrected chi connectivity index (χ4v) is 4.22. The Bertz CT molecular complexity index is 471. The molecule has 2 N–H and O–H groups in total. The van der Waals surface area contributed by atoms with E-state index >= 15 is 0 Å². The second-order valence-corrected chi connectivity index (χ2v) is 7.72. The predicted molar refractivity (Wildman–Crippen MR) is 96.1 cm³/mol. The minimum absolute atomic E-state index is 0.0250.